The second-order valence-electron chi connectivity index (χ2n) is 4.78. The highest BCUT2D eigenvalue weighted by Crippen LogP contribution is 2.19. The molecule has 0 radical (unpaired) electrons. The van der Waals surface area contributed by atoms with Gasteiger partial charge < -0.3 is 0 Å². The van der Waals surface area contributed by atoms with Crippen LogP contribution in [0.25, 0.3) is 0 Å². The number of aryl methyl sites for hydroxylation is 2. The Morgan fingerprint density at radius 3 is 2.48 bits per heavy atom. The molecule has 0 atom stereocenters. The summed E-state index contributed by atoms with van der Waals surface area (Å²) in [6.07, 6.45) is 0. The van der Waals surface area contributed by atoms with Crippen LogP contribution in [0.5, 0.6) is 0 Å². The predicted molar refractivity (Wildman–Crippen MR) is 81.0 cm³/mol. The molecule has 2 aromatic rings. The van der Waals surface area contributed by atoms with Crippen LogP contribution in [0.2, 0.25) is 0 Å². The molecule has 2 rings (SSSR count). The monoisotopic (exact) mass is 304 g/mol. The lowest BCUT2D eigenvalue weighted by Crippen LogP contribution is -2.14. The van der Waals surface area contributed by atoms with Gasteiger partial charge in [-0.15, -0.1) is 0 Å². The number of nitrogens with zero attached hydrogens (tertiary/aromatic N) is 1. The van der Waals surface area contributed by atoms with Gasteiger partial charge >= 0.3 is 0 Å². The third-order valence-electron chi connectivity index (χ3n) is 3.02. The number of benzene rings is 1. The average Bonchev–Trinajstić information content (AvgIpc) is 2.42. The first-order chi connectivity index (χ1) is 9.79. The number of hydrogen-bond donors (Lipinski definition) is 1. The van der Waals surface area contributed by atoms with E-state index in [9.17, 15) is 13.2 Å². The predicted octanol–water partition coefficient (Wildman–Crippen LogP) is 2.70. The van der Waals surface area contributed by atoms with Crippen molar-refractivity contribution in [2.75, 3.05) is 4.72 Å². The van der Waals surface area contributed by atoms with Gasteiger partial charge in [-0.05, 0) is 45.0 Å². The lowest BCUT2D eigenvalue weighted by molar-refractivity contribution is 0.101. The van der Waals surface area contributed by atoms with E-state index < -0.39 is 10.0 Å². The highest BCUT2D eigenvalue weighted by molar-refractivity contribution is 7.92. The van der Waals surface area contributed by atoms with Gasteiger partial charge in [0.25, 0.3) is 10.0 Å². The number of Topliss-reactive ketones (excluding diaryl/α,β-unsaturated/α-hetero) is 1. The van der Waals surface area contributed by atoms with E-state index in [0.717, 1.165) is 5.69 Å². The first-order valence-electron chi connectivity index (χ1n) is 6.37. The second-order valence-corrected chi connectivity index (χ2v) is 6.46. The number of pyridine rings is 1. The molecular formula is C15H16N2O3S. The van der Waals surface area contributed by atoms with Crippen LogP contribution in [0, 0.1) is 13.8 Å². The smallest absolute Gasteiger partial charge is 0.261 e. The fourth-order valence-corrected chi connectivity index (χ4v) is 3.04. The molecule has 0 fully saturated rings. The van der Waals surface area contributed by atoms with Gasteiger partial charge in [0.1, 0.15) is 0 Å². The largest absolute Gasteiger partial charge is 0.295 e. The van der Waals surface area contributed by atoms with Gasteiger partial charge in [0.15, 0.2) is 5.78 Å². The number of hydrogen-bond acceptors (Lipinski definition) is 4. The lowest BCUT2D eigenvalue weighted by Gasteiger charge is -2.11. The molecule has 110 valence electrons. The van der Waals surface area contributed by atoms with E-state index in [-0.39, 0.29) is 10.7 Å². The summed E-state index contributed by atoms with van der Waals surface area (Å²) in [6.45, 7) is 4.96. The molecule has 21 heavy (non-hydrogen) atoms. The van der Waals surface area contributed by atoms with Crippen molar-refractivity contribution in [2.45, 2.75) is 25.7 Å². The molecule has 1 N–H and O–H groups in total. The minimum Gasteiger partial charge on any atom is -0.295 e. The summed E-state index contributed by atoms with van der Waals surface area (Å²) in [6, 6.07) is 9.35. The fourth-order valence-electron chi connectivity index (χ4n) is 1.88. The van der Waals surface area contributed by atoms with E-state index in [2.05, 4.69) is 9.71 Å². The number of ketones is 1. The van der Waals surface area contributed by atoms with E-state index >= 15 is 0 Å². The van der Waals surface area contributed by atoms with E-state index in [4.69, 9.17) is 0 Å². The maximum Gasteiger partial charge on any atom is 0.261 e. The molecule has 5 nitrogen and oxygen atoms in total. The van der Waals surface area contributed by atoms with Gasteiger partial charge in [-0.2, -0.15) is 0 Å². The number of nitrogens with one attached hydrogen (secondary N) is 1. The Bertz CT molecular complexity index is 798. The van der Waals surface area contributed by atoms with Crippen LogP contribution in [-0.2, 0) is 10.0 Å². The van der Waals surface area contributed by atoms with Crippen LogP contribution in [0.1, 0.15) is 28.7 Å². The maximum absolute atomic E-state index is 12.4. The molecule has 6 heteroatoms. The topological polar surface area (TPSA) is 76.1 Å². The molecule has 1 aromatic heterocycles. The minimum absolute atomic E-state index is 0.0511. The summed E-state index contributed by atoms with van der Waals surface area (Å²) in [5.41, 5.74) is 2.20. The summed E-state index contributed by atoms with van der Waals surface area (Å²) >= 11 is 0. The maximum atomic E-state index is 12.4. The van der Waals surface area contributed by atoms with E-state index in [0.29, 0.717) is 16.9 Å². The summed E-state index contributed by atoms with van der Waals surface area (Å²) in [5, 5.41) is 0. The van der Waals surface area contributed by atoms with Crippen molar-refractivity contribution in [1.29, 1.82) is 0 Å². The number of anilines is 1. The van der Waals surface area contributed by atoms with E-state index in [1.807, 2.05) is 6.92 Å². The third kappa shape index (κ3) is 3.46. The Balaban J connectivity index is 2.38. The van der Waals surface area contributed by atoms with E-state index in [1.165, 1.54) is 19.1 Å². The molecule has 0 aliphatic carbocycles. The zero-order chi connectivity index (χ0) is 15.6. The molecule has 0 unspecified atom stereocenters. The normalized spacial score (nSPS) is 11.2. The van der Waals surface area contributed by atoms with Gasteiger partial charge in [0.05, 0.1) is 16.3 Å². The van der Waals surface area contributed by atoms with E-state index in [1.54, 1.807) is 31.2 Å². The summed E-state index contributed by atoms with van der Waals surface area (Å²) in [5.74, 6) is -0.180. The van der Waals surface area contributed by atoms with Crippen molar-refractivity contribution in [3.8, 4) is 0 Å². The molecule has 1 heterocycles. The highest BCUT2D eigenvalue weighted by atomic mass is 32.2. The Morgan fingerprint density at radius 1 is 1.14 bits per heavy atom. The van der Waals surface area contributed by atoms with Crippen molar-refractivity contribution in [3.63, 3.8) is 0 Å². The molecular weight excluding hydrogens is 288 g/mol. The van der Waals surface area contributed by atoms with Crippen LogP contribution in [0.3, 0.4) is 0 Å². The zero-order valence-corrected chi connectivity index (χ0v) is 12.9. The zero-order valence-electron chi connectivity index (χ0n) is 12.0. The van der Waals surface area contributed by atoms with Crippen molar-refractivity contribution in [2.24, 2.45) is 0 Å². The highest BCUT2D eigenvalue weighted by Gasteiger charge is 2.16. The van der Waals surface area contributed by atoms with Gasteiger partial charge in [0, 0.05) is 11.3 Å². The summed E-state index contributed by atoms with van der Waals surface area (Å²) in [4.78, 5) is 15.6. The third-order valence-corrected chi connectivity index (χ3v) is 4.38. The van der Waals surface area contributed by atoms with Crippen molar-refractivity contribution in [3.05, 3.63) is 53.3 Å². The molecule has 0 spiro atoms. The van der Waals surface area contributed by atoms with Crippen LogP contribution in [-0.4, -0.2) is 19.2 Å². The Morgan fingerprint density at radius 2 is 1.86 bits per heavy atom. The van der Waals surface area contributed by atoms with Crippen molar-refractivity contribution < 1.29 is 13.2 Å². The van der Waals surface area contributed by atoms with Gasteiger partial charge in [-0.1, -0.05) is 12.1 Å². The second kappa shape index (κ2) is 5.65. The number of carbonyl (C=O) groups excluding carboxylic acids is 1. The molecule has 0 bridgehead atoms. The van der Waals surface area contributed by atoms with Crippen LogP contribution in [0.4, 0.5) is 5.69 Å². The SMILES string of the molecule is CC(=O)c1cccc(S(=O)(=O)Nc2ccc(C)nc2C)c1. The van der Waals surface area contributed by atoms with Crippen molar-refractivity contribution in [1.82, 2.24) is 4.98 Å². The average molecular weight is 304 g/mol. The van der Waals surface area contributed by atoms with Crippen molar-refractivity contribution >= 4 is 21.5 Å². The molecule has 0 saturated heterocycles. The molecule has 0 aliphatic heterocycles. The Labute approximate surface area is 124 Å². The van der Waals surface area contributed by atoms with Crippen LogP contribution < -0.4 is 4.72 Å². The van der Waals surface area contributed by atoms with Crippen LogP contribution in [0.15, 0.2) is 41.3 Å². The lowest BCUT2D eigenvalue weighted by atomic mass is 10.2. The number of sulfonamides is 1. The molecule has 0 amide bonds. The standard InChI is InChI=1S/C15H16N2O3S/c1-10-7-8-15(11(2)16-10)17-21(19,20)14-6-4-5-13(9-14)12(3)18/h4-9,17H,1-3H3. The van der Waals surface area contributed by atoms with Crippen LogP contribution >= 0.6 is 0 Å². The first-order valence-corrected chi connectivity index (χ1v) is 7.86. The number of rotatable bonds is 4. The molecule has 1 aromatic carbocycles. The number of aromatic nitrogens is 1. The summed E-state index contributed by atoms with van der Waals surface area (Å²) in [7, 11) is -3.75. The summed E-state index contributed by atoms with van der Waals surface area (Å²) < 4.78 is 27.2. The quantitative estimate of drug-likeness (QED) is 0.881. The first kappa shape index (κ1) is 15.2. The molecule has 0 saturated carbocycles. The number of carbonyl (C=O) groups is 1. The minimum atomic E-state index is -3.75. The van der Waals surface area contributed by atoms with Gasteiger partial charge in [-0.25, -0.2) is 8.42 Å². The Hall–Kier alpha value is -2.21. The molecule has 0 aliphatic rings. The van der Waals surface area contributed by atoms with Gasteiger partial charge in [-0.3, -0.25) is 14.5 Å². The fraction of sp³-hybridized carbons (Fsp3) is 0.200. The van der Waals surface area contributed by atoms with Gasteiger partial charge in [0.2, 0.25) is 0 Å². The Kier molecular flexibility index (Phi) is 4.09.